The Bertz CT molecular complexity index is 1350. The quantitative estimate of drug-likeness (QED) is 0.368. The summed E-state index contributed by atoms with van der Waals surface area (Å²) in [6.07, 6.45) is -11.8. The predicted molar refractivity (Wildman–Crippen MR) is 134 cm³/mol. The Morgan fingerprint density at radius 1 is 1.07 bits per heavy atom. The third-order valence-electron chi connectivity index (χ3n) is 6.77. The molecule has 2 aliphatic rings. The van der Waals surface area contributed by atoms with Crippen LogP contribution in [0.5, 0.6) is 0 Å². The lowest BCUT2D eigenvalue weighted by molar-refractivity contribution is -0.297. The van der Waals surface area contributed by atoms with E-state index in [9.17, 15) is 53.5 Å². The van der Waals surface area contributed by atoms with Gasteiger partial charge in [0.1, 0.15) is 18.0 Å². The monoisotopic (exact) mass is 660 g/mol. The molecule has 2 fully saturated rings. The van der Waals surface area contributed by atoms with E-state index in [2.05, 4.69) is 9.40 Å². The van der Waals surface area contributed by atoms with Crippen LogP contribution in [0.1, 0.15) is 48.4 Å². The van der Waals surface area contributed by atoms with Crippen molar-refractivity contribution in [3.63, 3.8) is 0 Å². The highest BCUT2D eigenvalue weighted by Gasteiger charge is 2.62. The summed E-state index contributed by atoms with van der Waals surface area (Å²) in [5, 5.41) is 10.4. The van der Waals surface area contributed by atoms with E-state index in [1.54, 1.807) is 4.90 Å². The number of hydrogen-bond donors (Lipinski definition) is 1. The van der Waals surface area contributed by atoms with Crippen LogP contribution in [0.3, 0.4) is 0 Å². The Labute approximate surface area is 249 Å². The van der Waals surface area contributed by atoms with Crippen molar-refractivity contribution in [3.05, 3.63) is 42.0 Å². The van der Waals surface area contributed by atoms with Crippen LogP contribution in [0, 0.1) is 17.2 Å². The number of halogens is 10. The smallest absolute Gasteiger partial charge is 0.443 e. The predicted octanol–water partition coefficient (Wildman–Crippen LogP) is 6.24. The number of amides is 2. The number of alkyl halides is 10. The lowest BCUT2D eigenvalue weighted by Gasteiger charge is -2.28. The molecule has 2 unspecified atom stereocenters. The number of ether oxygens (including phenoxy) is 1. The molecular weight excluding hydrogens is 634 g/mol. The number of nitriles is 1. The van der Waals surface area contributed by atoms with E-state index in [4.69, 9.17) is 10.00 Å². The minimum absolute atomic E-state index is 0.140. The first kappa shape index (κ1) is 35.6. The summed E-state index contributed by atoms with van der Waals surface area (Å²) in [6, 6.07) is 5.28. The van der Waals surface area contributed by atoms with Crippen LogP contribution in [0.25, 0.3) is 11.3 Å². The number of aromatic nitrogens is 1. The van der Waals surface area contributed by atoms with Gasteiger partial charge in [-0.1, -0.05) is 12.1 Å². The third kappa shape index (κ3) is 9.80. The van der Waals surface area contributed by atoms with Gasteiger partial charge in [-0.2, -0.15) is 40.4 Å². The molecule has 0 radical (unpaired) electrons. The fraction of sp³-hybridized carbons (Fsp3) is 0.556. The standard InChI is InChI=1S/C16H13F5N2O3.C11H13F5N2O/c17-15(18,16(19,20)21)14-22-12(9-26-14)10-1-3-11(4-2-10)13(24)23-5-7-25-8-6-23;12-10(13)3-1-2-7(4-10)9(19)18-8(6-17)5-11(14,15)16/h1-4,9H,5-8H2;7-8H,1-5H2,(H,18,19). The van der Waals surface area contributed by atoms with Gasteiger partial charge in [-0.25, -0.2) is 13.8 Å². The second kappa shape index (κ2) is 14.0. The highest BCUT2D eigenvalue weighted by Crippen LogP contribution is 2.44. The van der Waals surface area contributed by atoms with E-state index in [1.165, 1.54) is 30.3 Å². The number of nitrogens with one attached hydrogen (secondary N) is 1. The molecule has 0 bridgehead atoms. The third-order valence-corrected chi connectivity index (χ3v) is 6.77. The summed E-state index contributed by atoms with van der Waals surface area (Å²) in [5.74, 6) is -12.0. The van der Waals surface area contributed by atoms with Gasteiger partial charge in [0.25, 0.3) is 11.8 Å². The Hall–Kier alpha value is -3.88. The first-order chi connectivity index (χ1) is 20.8. The maximum Gasteiger partial charge on any atom is 0.463 e. The van der Waals surface area contributed by atoms with Crippen molar-refractivity contribution in [1.29, 1.82) is 5.26 Å². The van der Waals surface area contributed by atoms with Gasteiger partial charge in [0.2, 0.25) is 11.8 Å². The van der Waals surface area contributed by atoms with Crippen molar-refractivity contribution in [2.75, 3.05) is 26.3 Å². The Morgan fingerprint density at radius 2 is 1.69 bits per heavy atom. The summed E-state index contributed by atoms with van der Waals surface area (Å²) in [4.78, 5) is 28.7. The van der Waals surface area contributed by atoms with Crippen molar-refractivity contribution in [3.8, 4) is 17.3 Å². The minimum atomic E-state index is -5.80. The summed E-state index contributed by atoms with van der Waals surface area (Å²) >= 11 is 0. The molecule has 2 heterocycles. The van der Waals surface area contributed by atoms with Crippen LogP contribution < -0.4 is 5.32 Å². The lowest BCUT2D eigenvalue weighted by Crippen LogP contribution is -2.43. The van der Waals surface area contributed by atoms with Gasteiger partial charge in [-0.3, -0.25) is 9.59 Å². The van der Waals surface area contributed by atoms with Crippen LogP contribution in [0.15, 0.2) is 34.9 Å². The highest BCUT2D eigenvalue weighted by molar-refractivity contribution is 5.94. The van der Waals surface area contributed by atoms with E-state index in [0.29, 0.717) is 38.1 Å². The summed E-state index contributed by atoms with van der Waals surface area (Å²) < 4.78 is 135. The average Bonchev–Trinajstić information content (AvgIpc) is 3.47. The number of carbonyl (C=O) groups is 2. The zero-order valence-electron chi connectivity index (χ0n) is 23.2. The molecule has 1 saturated carbocycles. The molecule has 2 amide bonds. The molecule has 1 aromatic heterocycles. The van der Waals surface area contributed by atoms with Gasteiger partial charge in [0.15, 0.2) is 0 Å². The van der Waals surface area contributed by atoms with Crippen LogP contribution in [-0.4, -0.2) is 72.3 Å². The van der Waals surface area contributed by atoms with Gasteiger partial charge in [-0.15, -0.1) is 0 Å². The van der Waals surface area contributed by atoms with Crippen LogP contribution >= 0.6 is 0 Å². The molecule has 1 aromatic carbocycles. The van der Waals surface area contributed by atoms with Crippen molar-refractivity contribution in [2.24, 2.45) is 5.92 Å². The van der Waals surface area contributed by atoms with Gasteiger partial charge in [-0.05, 0) is 25.0 Å². The topological polar surface area (TPSA) is 108 Å². The SMILES string of the molecule is N#CC(CC(F)(F)F)NC(=O)C1CCCC(F)(F)C1.O=C(c1ccc(-c2coc(C(F)(F)C(F)(F)F)n2)cc1)N1CCOCC1. The number of benzene rings is 1. The minimum Gasteiger partial charge on any atom is -0.443 e. The van der Waals surface area contributed by atoms with E-state index in [0.717, 1.165) is 0 Å². The average molecular weight is 661 g/mol. The molecule has 2 atom stereocenters. The molecule has 2 aromatic rings. The number of nitrogens with zero attached hydrogens (tertiary/aromatic N) is 3. The van der Waals surface area contributed by atoms with Crippen molar-refractivity contribution < 1.29 is 62.6 Å². The van der Waals surface area contributed by atoms with Crippen molar-refractivity contribution >= 4 is 11.8 Å². The molecular formula is C27H26F10N4O4. The number of morpholine rings is 1. The number of oxazole rings is 1. The molecule has 0 spiro atoms. The van der Waals surface area contributed by atoms with E-state index >= 15 is 0 Å². The number of carbonyl (C=O) groups excluding carboxylic acids is 2. The fourth-order valence-electron chi connectivity index (χ4n) is 4.45. The summed E-state index contributed by atoms with van der Waals surface area (Å²) in [7, 11) is 0. The molecule has 45 heavy (non-hydrogen) atoms. The zero-order valence-corrected chi connectivity index (χ0v) is 23.2. The normalized spacial score (nSPS) is 19.5. The first-order valence-electron chi connectivity index (χ1n) is 13.4. The molecule has 18 heteroatoms. The van der Waals surface area contributed by atoms with Crippen molar-refractivity contribution in [1.82, 2.24) is 15.2 Å². The second-order valence-corrected chi connectivity index (χ2v) is 10.3. The molecule has 248 valence electrons. The van der Waals surface area contributed by atoms with E-state index < -0.39 is 60.8 Å². The zero-order chi connectivity index (χ0) is 33.6. The molecule has 1 N–H and O–H groups in total. The summed E-state index contributed by atoms with van der Waals surface area (Å²) in [6.45, 7) is 1.80. The van der Waals surface area contributed by atoms with E-state index in [1.807, 2.05) is 5.32 Å². The van der Waals surface area contributed by atoms with E-state index in [-0.39, 0.29) is 36.4 Å². The fourth-order valence-corrected chi connectivity index (χ4v) is 4.45. The lowest BCUT2D eigenvalue weighted by atomic mass is 9.86. The molecule has 4 rings (SSSR count). The second-order valence-electron chi connectivity index (χ2n) is 10.3. The van der Waals surface area contributed by atoms with Gasteiger partial charge in [0, 0.05) is 43.0 Å². The van der Waals surface area contributed by atoms with Gasteiger partial charge in [0.05, 0.1) is 25.7 Å². The molecule has 8 nitrogen and oxygen atoms in total. The highest BCUT2D eigenvalue weighted by atomic mass is 19.4. The molecule has 1 aliphatic carbocycles. The molecule has 1 aliphatic heterocycles. The Kier molecular flexibility index (Phi) is 11.1. The maximum atomic E-state index is 13.2. The van der Waals surface area contributed by atoms with Crippen LogP contribution in [0.2, 0.25) is 0 Å². The largest absolute Gasteiger partial charge is 0.463 e. The molecule has 1 saturated heterocycles. The van der Waals surface area contributed by atoms with Gasteiger partial charge >= 0.3 is 18.3 Å². The number of hydrogen-bond acceptors (Lipinski definition) is 6. The van der Waals surface area contributed by atoms with Crippen molar-refractivity contribution in [2.45, 2.75) is 62.3 Å². The Morgan fingerprint density at radius 3 is 2.22 bits per heavy atom. The number of rotatable bonds is 6. The maximum absolute atomic E-state index is 13.2. The van der Waals surface area contributed by atoms with Crippen LogP contribution in [-0.2, 0) is 15.5 Å². The van der Waals surface area contributed by atoms with Gasteiger partial charge < -0.3 is 19.4 Å². The summed E-state index contributed by atoms with van der Waals surface area (Å²) in [5.41, 5.74) is 0.422. The first-order valence-corrected chi connectivity index (χ1v) is 13.4. The Balaban J connectivity index is 0.000000259. The van der Waals surface area contributed by atoms with Crippen LogP contribution in [0.4, 0.5) is 43.9 Å².